The van der Waals surface area contributed by atoms with Crippen molar-refractivity contribution >= 4 is 5.97 Å². The standard InChI is InChI=1S/C18H27NO2/c1-4-16(18(20)21-5-2)17-12-9-13-19(17)14(3)15-10-7-6-8-11-15/h6-8,10-11,14,16-17H,4-5,9,12-13H2,1-3H3/t14-,16+,17+/m0/s1. The van der Waals surface area contributed by atoms with E-state index >= 15 is 0 Å². The molecule has 0 aromatic heterocycles. The van der Waals surface area contributed by atoms with E-state index in [4.69, 9.17) is 4.74 Å². The summed E-state index contributed by atoms with van der Waals surface area (Å²) in [4.78, 5) is 14.7. The van der Waals surface area contributed by atoms with Crippen LogP contribution in [0.15, 0.2) is 30.3 Å². The molecule has 1 aromatic rings. The first-order valence-corrected chi connectivity index (χ1v) is 8.16. The highest BCUT2D eigenvalue weighted by Crippen LogP contribution is 2.34. The van der Waals surface area contributed by atoms with Crippen LogP contribution in [-0.4, -0.2) is 30.1 Å². The van der Waals surface area contributed by atoms with Gasteiger partial charge in [-0.3, -0.25) is 9.69 Å². The molecule has 3 nitrogen and oxygen atoms in total. The quantitative estimate of drug-likeness (QED) is 0.746. The molecule has 3 atom stereocenters. The molecule has 1 fully saturated rings. The maximum atomic E-state index is 12.2. The van der Waals surface area contributed by atoms with E-state index in [1.807, 2.05) is 13.0 Å². The molecule has 21 heavy (non-hydrogen) atoms. The lowest BCUT2D eigenvalue weighted by Gasteiger charge is -2.34. The zero-order chi connectivity index (χ0) is 15.2. The molecule has 0 unspecified atom stereocenters. The molecule has 0 spiro atoms. The van der Waals surface area contributed by atoms with Gasteiger partial charge in [0.05, 0.1) is 12.5 Å². The maximum absolute atomic E-state index is 12.2. The smallest absolute Gasteiger partial charge is 0.310 e. The van der Waals surface area contributed by atoms with Gasteiger partial charge in [0, 0.05) is 12.1 Å². The minimum absolute atomic E-state index is 0.00128. The second kappa shape index (κ2) is 7.60. The van der Waals surface area contributed by atoms with E-state index < -0.39 is 0 Å². The summed E-state index contributed by atoms with van der Waals surface area (Å²) in [5.41, 5.74) is 1.32. The minimum atomic E-state index is -0.0304. The van der Waals surface area contributed by atoms with Crippen LogP contribution in [0.1, 0.15) is 51.6 Å². The second-order valence-electron chi connectivity index (χ2n) is 5.80. The van der Waals surface area contributed by atoms with Gasteiger partial charge in [0.25, 0.3) is 0 Å². The summed E-state index contributed by atoms with van der Waals surface area (Å²) in [5.74, 6) is -0.0317. The van der Waals surface area contributed by atoms with E-state index in [0.29, 0.717) is 18.7 Å². The van der Waals surface area contributed by atoms with Crippen LogP contribution in [-0.2, 0) is 9.53 Å². The number of esters is 1. The molecule has 0 N–H and O–H groups in total. The molecule has 0 saturated carbocycles. The van der Waals surface area contributed by atoms with Crippen LogP contribution in [0.25, 0.3) is 0 Å². The summed E-state index contributed by atoms with van der Waals surface area (Å²) in [6.07, 6.45) is 3.10. The Morgan fingerprint density at radius 3 is 2.67 bits per heavy atom. The molecule has 0 bridgehead atoms. The molecule has 1 saturated heterocycles. The van der Waals surface area contributed by atoms with Crippen LogP contribution in [0.2, 0.25) is 0 Å². The molecule has 1 aliphatic heterocycles. The monoisotopic (exact) mass is 289 g/mol. The van der Waals surface area contributed by atoms with Gasteiger partial charge in [-0.05, 0) is 45.2 Å². The average molecular weight is 289 g/mol. The van der Waals surface area contributed by atoms with Crippen molar-refractivity contribution in [3.8, 4) is 0 Å². The van der Waals surface area contributed by atoms with E-state index in [1.165, 1.54) is 5.56 Å². The Kier molecular flexibility index (Phi) is 5.80. The predicted molar refractivity (Wildman–Crippen MR) is 85.0 cm³/mol. The number of rotatable bonds is 6. The summed E-state index contributed by atoms with van der Waals surface area (Å²) < 4.78 is 5.28. The van der Waals surface area contributed by atoms with Gasteiger partial charge in [0.15, 0.2) is 0 Å². The SMILES string of the molecule is CCOC(=O)[C@H](CC)[C@H]1CCCN1[C@@H](C)c1ccccc1. The van der Waals surface area contributed by atoms with Crippen molar-refractivity contribution in [2.24, 2.45) is 5.92 Å². The topological polar surface area (TPSA) is 29.5 Å². The van der Waals surface area contributed by atoms with Gasteiger partial charge in [-0.1, -0.05) is 37.3 Å². The molecule has 2 rings (SSSR count). The number of carbonyl (C=O) groups excluding carboxylic acids is 1. The molecule has 1 aromatic carbocycles. The van der Waals surface area contributed by atoms with Crippen LogP contribution in [0.5, 0.6) is 0 Å². The fourth-order valence-electron chi connectivity index (χ4n) is 3.50. The Bertz CT molecular complexity index is 446. The van der Waals surface area contributed by atoms with Gasteiger partial charge in [-0.25, -0.2) is 0 Å². The predicted octanol–water partition coefficient (Wildman–Crippen LogP) is 3.80. The van der Waals surface area contributed by atoms with Crippen molar-refractivity contribution in [2.45, 2.75) is 52.1 Å². The molecule has 116 valence electrons. The summed E-state index contributed by atoms with van der Waals surface area (Å²) >= 11 is 0. The van der Waals surface area contributed by atoms with Crippen molar-refractivity contribution in [3.63, 3.8) is 0 Å². The maximum Gasteiger partial charge on any atom is 0.310 e. The summed E-state index contributed by atoms with van der Waals surface area (Å²) in [6.45, 7) is 7.74. The Morgan fingerprint density at radius 2 is 2.05 bits per heavy atom. The third-order valence-electron chi connectivity index (χ3n) is 4.62. The van der Waals surface area contributed by atoms with Crippen LogP contribution in [0, 0.1) is 5.92 Å². The fourth-order valence-corrected chi connectivity index (χ4v) is 3.50. The zero-order valence-electron chi connectivity index (χ0n) is 13.4. The highest BCUT2D eigenvalue weighted by Gasteiger charge is 2.37. The van der Waals surface area contributed by atoms with E-state index in [9.17, 15) is 4.79 Å². The first kappa shape index (κ1) is 16.0. The van der Waals surface area contributed by atoms with Crippen LogP contribution < -0.4 is 0 Å². The van der Waals surface area contributed by atoms with Gasteiger partial charge in [-0.15, -0.1) is 0 Å². The number of benzene rings is 1. The summed E-state index contributed by atoms with van der Waals surface area (Å²) in [6, 6.07) is 11.2. The lowest BCUT2D eigenvalue weighted by molar-refractivity contribution is -0.150. The average Bonchev–Trinajstić information content (AvgIpc) is 2.98. The zero-order valence-corrected chi connectivity index (χ0v) is 13.4. The minimum Gasteiger partial charge on any atom is -0.466 e. The highest BCUT2D eigenvalue weighted by molar-refractivity contribution is 5.73. The molecule has 3 heteroatoms. The second-order valence-corrected chi connectivity index (χ2v) is 5.80. The van der Waals surface area contributed by atoms with Crippen molar-refractivity contribution < 1.29 is 9.53 Å². The molecule has 0 radical (unpaired) electrons. The largest absolute Gasteiger partial charge is 0.466 e. The molecule has 1 heterocycles. The molecular weight excluding hydrogens is 262 g/mol. The number of hydrogen-bond acceptors (Lipinski definition) is 3. The number of likely N-dealkylation sites (tertiary alicyclic amines) is 1. The van der Waals surface area contributed by atoms with Gasteiger partial charge in [0.1, 0.15) is 0 Å². The third-order valence-corrected chi connectivity index (χ3v) is 4.62. The Labute approximate surface area is 128 Å². The lowest BCUT2D eigenvalue weighted by Crippen LogP contribution is -2.41. The van der Waals surface area contributed by atoms with E-state index in [-0.39, 0.29) is 11.9 Å². The van der Waals surface area contributed by atoms with E-state index in [1.54, 1.807) is 0 Å². The van der Waals surface area contributed by atoms with Gasteiger partial charge in [0.2, 0.25) is 0 Å². The van der Waals surface area contributed by atoms with Crippen molar-refractivity contribution in [1.82, 2.24) is 4.90 Å². The number of ether oxygens (including phenoxy) is 1. The van der Waals surface area contributed by atoms with Crippen LogP contribution in [0.4, 0.5) is 0 Å². The molecule has 1 aliphatic rings. The Balaban J connectivity index is 2.13. The van der Waals surface area contributed by atoms with Crippen molar-refractivity contribution in [3.05, 3.63) is 35.9 Å². The molecule has 0 amide bonds. The van der Waals surface area contributed by atoms with Crippen LogP contribution >= 0.6 is 0 Å². The Hall–Kier alpha value is -1.35. The first-order chi connectivity index (χ1) is 10.2. The summed E-state index contributed by atoms with van der Waals surface area (Å²) in [7, 11) is 0. The fraction of sp³-hybridized carbons (Fsp3) is 0.611. The first-order valence-electron chi connectivity index (χ1n) is 8.16. The number of nitrogens with zero attached hydrogens (tertiary/aromatic N) is 1. The highest BCUT2D eigenvalue weighted by atomic mass is 16.5. The normalized spacial score (nSPS) is 22.0. The molecular formula is C18H27NO2. The van der Waals surface area contributed by atoms with Gasteiger partial charge < -0.3 is 4.74 Å². The van der Waals surface area contributed by atoms with Gasteiger partial charge in [-0.2, -0.15) is 0 Å². The van der Waals surface area contributed by atoms with E-state index in [0.717, 1.165) is 25.8 Å². The summed E-state index contributed by atoms with van der Waals surface area (Å²) in [5, 5.41) is 0. The number of carbonyl (C=O) groups is 1. The van der Waals surface area contributed by atoms with Crippen LogP contribution in [0.3, 0.4) is 0 Å². The third kappa shape index (κ3) is 3.65. The van der Waals surface area contributed by atoms with Crippen molar-refractivity contribution in [2.75, 3.05) is 13.2 Å². The molecule has 0 aliphatic carbocycles. The van der Waals surface area contributed by atoms with Crippen molar-refractivity contribution in [1.29, 1.82) is 0 Å². The van der Waals surface area contributed by atoms with E-state index in [2.05, 4.69) is 43.0 Å². The Morgan fingerprint density at radius 1 is 1.33 bits per heavy atom. The lowest BCUT2D eigenvalue weighted by atomic mass is 9.93. The van der Waals surface area contributed by atoms with Gasteiger partial charge >= 0.3 is 5.97 Å². The number of hydrogen-bond donors (Lipinski definition) is 0.